The molecule has 218 valence electrons. The Kier molecular flexibility index (Phi) is 7.82. The van der Waals surface area contributed by atoms with Crippen LogP contribution in [0.2, 0.25) is 0 Å². The van der Waals surface area contributed by atoms with Gasteiger partial charge in [-0.15, -0.1) is 5.10 Å². The summed E-state index contributed by atoms with van der Waals surface area (Å²) in [6.07, 6.45) is 1.68. The van der Waals surface area contributed by atoms with Crippen molar-refractivity contribution < 1.29 is 13.9 Å². The highest BCUT2D eigenvalue weighted by atomic mass is 32.2. The van der Waals surface area contributed by atoms with Crippen LogP contribution in [0.1, 0.15) is 31.2 Å². The largest absolute Gasteiger partial charge is 0.463 e. The minimum Gasteiger partial charge on any atom is -0.463 e. The number of thiazole rings is 1. The third-order valence-corrected chi connectivity index (χ3v) is 8.59. The maximum atomic E-state index is 13.9. The van der Waals surface area contributed by atoms with Gasteiger partial charge in [-0.3, -0.25) is 9.36 Å². The number of rotatable bonds is 8. The number of esters is 1. The van der Waals surface area contributed by atoms with Crippen LogP contribution in [-0.4, -0.2) is 51.4 Å². The van der Waals surface area contributed by atoms with Crippen LogP contribution in [0.5, 0.6) is 0 Å². The summed E-state index contributed by atoms with van der Waals surface area (Å²) >= 11 is 2.51. The second-order valence-electron chi connectivity index (χ2n) is 9.76. The molecule has 0 spiro atoms. The molecule has 2 aromatic carbocycles. The SMILES string of the molecule is CCOC(=O)C1=C(C)N=c2s/c(=C\c3ccc(Sc4nnnn4-c4ccccc4)o3)c(=O)n2[C@@H]1c1ccc(N(C)C)cc1. The van der Waals surface area contributed by atoms with Crippen LogP contribution in [0.25, 0.3) is 11.8 Å². The van der Waals surface area contributed by atoms with E-state index in [-0.39, 0.29) is 12.2 Å². The highest BCUT2D eigenvalue weighted by molar-refractivity contribution is 7.99. The number of hydrogen-bond acceptors (Lipinski definition) is 11. The van der Waals surface area contributed by atoms with Crippen molar-refractivity contribution in [2.24, 2.45) is 4.99 Å². The Bertz CT molecular complexity index is 2000. The first-order chi connectivity index (χ1) is 20.8. The van der Waals surface area contributed by atoms with Crippen molar-refractivity contribution in [1.29, 1.82) is 0 Å². The predicted molar refractivity (Wildman–Crippen MR) is 163 cm³/mol. The molecule has 1 aliphatic rings. The molecule has 6 rings (SSSR count). The van der Waals surface area contributed by atoms with Crippen LogP contribution in [0.15, 0.2) is 102 Å². The summed E-state index contributed by atoms with van der Waals surface area (Å²) in [6.45, 7) is 3.73. The number of tetrazole rings is 1. The molecule has 3 aromatic heterocycles. The van der Waals surface area contributed by atoms with Gasteiger partial charge in [0, 0.05) is 25.9 Å². The Morgan fingerprint density at radius 2 is 1.88 bits per heavy atom. The fraction of sp³-hybridized carbons (Fsp3) is 0.200. The number of para-hydroxylation sites is 1. The van der Waals surface area contributed by atoms with Crippen LogP contribution in [0.3, 0.4) is 0 Å². The molecule has 43 heavy (non-hydrogen) atoms. The first-order valence-electron chi connectivity index (χ1n) is 13.4. The molecular formula is C30H27N7O4S2. The molecule has 0 bridgehead atoms. The second kappa shape index (κ2) is 11.9. The van der Waals surface area contributed by atoms with Gasteiger partial charge in [0.05, 0.1) is 34.1 Å². The second-order valence-corrected chi connectivity index (χ2v) is 11.7. The van der Waals surface area contributed by atoms with Gasteiger partial charge in [0.25, 0.3) is 5.56 Å². The van der Waals surface area contributed by atoms with Crippen molar-refractivity contribution in [2.45, 2.75) is 30.1 Å². The number of hydrogen-bond donors (Lipinski definition) is 0. The Morgan fingerprint density at radius 1 is 1.12 bits per heavy atom. The zero-order valence-corrected chi connectivity index (χ0v) is 25.4. The van der Waals surface area contributed by atoms with Crippen LogP contribution < -0.4 is 19.8 Å². The van der Waals surface area contributed by atoms with E-state index in [1.54, 1.807) is 41.3 Å². The molecule has 0 fully saturated rings. The molecule has 0 saturated carbocycles. The van der Waals surface area contributed by atoms with Gasteiger partial charge in [-0.1, -0.05) is 41.7 Å². The molecule has 0 aliphatic carbocycles. The molecule has 5 aromatic rings. The van der Waals surface area contributed by atoms with Gasteiger partial charge in [0.15, 0.2) is 9.89 Å². The average molecular weight is 614 g/mol. The van der Waals surface area contributed by atoms with Crippen molar-refractivity contribution in [2.75, 3.05) is 25.6 Å². The highest BCUT2D eigenvalue weighted by Crippen LogP contribution is 2.32. The lowest BCUT2D eigenvalue weighted by molar-refractivity contribution is -0.139. The summed E-state index contributed by atoms with van der Waals surface area (Å²) in [5.41, 5.74) is 3.18. The first-order valence-corrected chi connectivity index (χ1v) is 15.1. The van der Waals surface area contributed by atoms with Crippen LogP contribution in [0, 0.1) is 0 Å². The van der Waals surface area contributed by atoms with E-state index < -0.39 is 12.0 Å². The molecular weight excluding hydrogens is 587 g/mol. The fourth-order valence-electron chi connectivity index (χ4n) is 4.72. The van der Waals surface area contributed by atoms with Gasteiger partial charge in [-0.2, -0.15) is 4.68 Å². The number of carbonyl (C=O) groups is 1. The summed E-state index contributed by atoms with van der Waals surface area (Å²) in [6, 6.07) is 20.2. The first kappa shape index (κ1) is 28.4. The number of fused-ring (bicyclic) bond motifs is 1. The number of furan rings is 1. The van der Waals surface area contributed by atoms with Crippen LogP contribution >= 0.6 is 23.1 Å². The van der Waals surface area contributed by atoms with Crippen LogP contribution in [0.4, 0.5) is 5.69 Å². The van der Waals surface area contributed by atoms with E-state index >= 15 is 0 Å². The number of nitrogens with zero attached hydrogens (tertiary/aromatic N) is 7. The van der Waals surface area contributed by atoms with E-state index in [0.29, 0.717) is 36.6 Å². The summed E-state index contributed by atoms with van der Waals surface area (Å²) in [5.74, 6) is -0.00928. The molecule has 0 N–H and O–H groups in total. The molecule has 1 atom stereocenters. The zero-order chi connectivity index (χ0) is 30.1. The fourth-order valence-corrected chi connectivity index (χ4v) is 6.51. The van der Waals surface area contributed by atoms with Crippen molar-refractivity contribution in [3.05, 3.63) is 109 Å². The minimum atomic E-state index is -0.687. The smallest absolute Gasteiger partial charge is 0.338 e. The predicted octanol–water partition coefficient (Wildman–Crippen LogP) is 3.58. The molecule has 0 unspecified atom stereocenters. The maximum absolute atomic E-state index is 13.9. The van der Waals surface area contributed by atoms with E-state index in [2.05, 4.69) is 20.5 Å². The van der Waals surface area contributed by atoms with E-state index in [9.17, 15) is 9.59 Å². The third-order valence-electron chi connectivity index (χ3n) is 6.75. The lowest BCUT2D eigenvalue weighted by Gasteiger charge is -2.25. The highest BCUT2D eigenvalue weighted by Gasteiger charge is 2.33. The molecule has 0 radical (unpaired) electrons. The molecule has 13 heteroatoms. The normalized spacial score (nSPS) is 14.9. The topological polar surface area (TPSA) is 121 Å². The molecule has 11 nitrogen and oxygen atoms in total. The van der Waals surface area contributed by atoms with Crippen molar-refractivity contribution in [3.63, 3.8) is 0 Å². The average Bonchev–Trinajstić information content (AvgIpc) is 3.73. The number of anilines is 1. The van der Waals surface area contributed by atoms with E-state index in [1.807, 2.05) is 73.6 Å². The molecule has 0 saturated heterocycles. The van der Waals surface area contributed by atoms with Gasteiger partial charge in [0.1, 0.15) is 5.76 Å². The van der Waals surface area contributed by atoms with Gasteiger partial charge in [-0.05, 0) is 78.0 Å². The van der Waals surface area contributed by atoms with Gasteiger partial charge < -0.3 is 14.1 Å². The quantitative estimate of drug-likeness (QED) is 0.242. The Morgan fingerprint density at radius 3 is 2.60 bits per heavy atom. The summed E-state index contributed by atoms with van der Waals surface area (Å²) in [4.78, 5) is 34.1. The number of allylic oxidation sites excluding steroid dienone is 1. The lowest BCUT2D eigenvalue weighted by atomic mass is 9.95. The monoisotopic (exact) mass is 613 g/mol. The summed E-state index contributed by atoms with van der Waals surface area (Å²) in [7, 11) is 3.91. The maximum Gasteiger partial charge on any atom is 0.338 e. The molecule has 1 aliphatic heterocycles. The Balaban J connectivity index is 1.37. The summed E-state index contributed by atoms with van der Waals surface area (Å²) < 4.78 is 15.0. The van der Waals surface area contributed by atoms with Crippen LogP contribution in [-0.2, 0) is 9.53 Å². The van der Waals surface area contributed by atoms with Gasteiger partial charge >= 0.3 is 5.97 Å². The number of aromatic nitrogens is 5. The zero-order valence-electron chi connectivity index (χ0n) is 23.8. The van der Waals surface area contributed by atoms with Gasteiger partial charge in [-0.25, -0.2) is 9.79 Å². The standard InChI is InChI=1S/C30H27N7O4S2/c1-5-40-28(39)25-18(2)31-29-36(26(25)19-11-13-20(14-12-19)35(3)4)27(38)23(42-29)17-22-15-16-24(41-22)43-30-32-33-34-37(30)21-9-7-6-8-10-21/h6-17,26H,5H2,1-4H3/b23-17-/t26-/m1/s1. The van der Waals surface area contributed by atoms with Gasteiger partial charge in [0.2, 0.25) is 5.16 Å². The Labute approximate surface area is 254 Å². The van der Waals surface area contributed by atoms with E-state index in [1.165, 1.54) is 23.1 Å². The molecule has 4 heterocycles. The lowest BCUT2D eigenvalue weighted by Crippen LogP contribution is -2.39. The van der Waals surface area contributed by atoms with Crippen molar-refractivity contribution in [1.82, 2.24) is 24.8 Å². The van der Waals surface area contributed by atoms with Crippen molar-refractivity contribution >= 4 is 40.8 Å². The van der Waals surface area contributed by atoms with E-state index in [0.717, 1.165) is 16.9 Å². The summed E-state index contributed by atoms with van der Waals surface area (Å²) in [5, 5.41) is 13.1. The van der Waals surface area contributed by atoms with Crippen molar-refractivity contribution in [3.8, 4) is 5.69 Å². The molecule has 0 amide bonds. The Hall–Kier alpha value is -4.75. The third kappa shape index (κ3) is 5.56. The minimum absolute atomic E-state index is 0.211. The van der Waals surface area contributed by atoms with E-state index in [4.69, 9.17) is 9.15 Å². The number of benzene rings is 2. The number of carbonyl (C=O) groups excluding carboxylic acids is 1. The number of ether oxygens (including phenoxy) is 1.